The van der Waals surface area contributed by atoms with Crippen LogP contribution in [0.1, 0.15) is 88.4 Å². The topological polar surface area (TPSA) is 42.5 Å². The molecule has 0 aliphatic heterocycles. The van der Waals surface area contributed by atoms with Gasteiger partial charge in [0.05, 0.1) is 0 Å². The van der Waals surface area contributed by atoms with E-state index in [-0.39, 0.29) is 17.0 Å². The van der Waals surface area contributed by atoms with Gasteiger partial charge in [-0.25, -0.2) is 0 Å². The summed E-state index contributed by atoms with van der Waals surface area (Å²) in [5.74, 6) is 1.74. The lowest BCUT2D eigenvalue weighted by Gasteiger charge is -2.19. The van der Waals surface area contributed by atoms with Crippen LogP contribution >= 0.6 is 17.0 Å². The van der Waals surface area contributed by atoms with Crippen molar-refractivity contribution in [1.29, 1.82) is 0 Å². The molecule has 0 radical (unpaired) electrons. The van der Waals surface area contributed by atoms with Gasteiger partial charge in [-0.15, -0.1) is 30.1 Å². The van der Waals surface area contributed by atoms with E-state index in [1.165, 1.54) is 49.7 Å². The molecule has 0 fully saturated rings. The van der Waals surface area contributed by atoms with Crippen LogP contribution in [0.2, 0.25) is 0 Å². The number of benzene rings is 2. The fraction of sp³-hybridized carbons (Fsp3) is 0.500. The second kappa shape index (κ2) is 20.9. The number of nitrogens with one attached hydrogen (secondary N) is 2. The number of unbranched alkanes of at least 4 members (excludes halogenated alkanes) is 4. The summed E-state index contributed by atoms with van der Waals surface area (Å²) >= 11 is 0. The molecule has 5 heteroatoms. The van der Waals surface area contributed by atoms with Crippen LogP contribution in [0.4, 0.5) is 0 Å². The molecule has 2 atom stereocenters. The second-order valence-corrected chi connectivity index (χ2v) is 9.33. The van der Waals surface area contributed by atoms with Crippen LogP contribution in [0.3, 0.4) is 0 Å². The molecule has 0 aliphatic carbocycles. The zero-order valence-corrected chi connectivity index (χ0v) is 24.8. The Balaban J connectivity index is 0.00000684. The molecule has 0 saturated heterocycles. The van der Waals surface area contributed by atoms with Crippen molar-refractivity contribution in [3.8, 4) is 11.5 Å². The first-order valence-electron chi connectivity index (χ1n) is 13.9. The Hall–Kier alpha value is -2.08. The van der Waals surface area contributed by atoms with E-state index in [4.69, 9.17) is 9.47 Å². The van der Waals surface area contributed by atoms with Crippen molar-refractivity contribution < 1.29 is 9.47 Å². The first kappa shape index (κ1) is 32.9. The van der Waals surface area contributed by atoms with Crippen LogP contribution in [0, 0.1) is 0 Å². The van der Waals surface area contributed by atoms with Crippen LogP contribution in [0.25, 0.3) is 0 Å². The van der Waals surface area contributed by atoms with Crippen LogP contribution in [0.15, 0.2) is 73.8 Å². The summed E-state index contributed by atoms with van der Waals surface area (Å²) in [6.07, 6.45) is 13.6. The molecule has 2 rings (SSSR count). The van der Waals surface area contributed by atoms with Crippen molar-refractivity contribution in [3.63, 3.8) is 0 Å². The smallest absolute Gasteiger partial charge is 0.122 e. The van der Waals surface area contributed by atoms with E-state index in [1.54, 1.807) is 0 Å². The number of rotatable bonds is 21. The van der Waals surface area contributed by atoms with Crippen LogP contribution in [-0.2, 0) is 0 Å². The Morgan fingerprint density at radius 3 is 1.35 bits per heavy atom. The lowest BCUT2D eigenvalue weighted by molar-refractivity contribution is 0.217. The Bertz CT molecular complexity index is 767. The van der Waals surface area contributed by atoms with Crippen LogP contribution in [0.5, 0.6) is 11.5 Å². The highest BCUT2D eigenvalue weighted by atomic mass is 79.9. The standard InChI is InChI=1S/C32H48N2O2.BrH/c1-5-9-11-13-31(33-23-7-3)27-15-19-29(20-16-27)35-25-26-36-30-21-17-28(18-22-30)32(34-24-8-4)14-12-10-6-2;/h7-8,15-22,31-34H,3-6,9-14,23-26H2,1-2H3;1H. The summed E-state index contributed by atoms with van der Waals surface area (Å²) in [5.41, 5.74) is 2.60. The maximum Gasteiger partial charge on any atom is 0.122 e. The summed E-state index contributed by atoms with van der Waals surface area (Å²) in [6.45, 7) is 14.8. The summed E-state index contributed by atoms with van der Waals surface area (Å²) in [4.78, 5) is 0. The molecule has 0 aromatic heterocycles. The van der Waals surface area contributed by atoms with Gasteiger partial charge in [-0.3, -0.25) is 0 Å². The molecule has 2 unspecified atom stereocenters. The maximum atomic E-state index is 5.92. The van der Waals surface area contributed by atoms with Gasteiger partial charge in [0.25, 0.3) is 0 Å². The maximum absolute atomic E-state index is 5.92. The highest BCUT2D eigenvalue weighted by Crippen LogP contribution is 2.24. The van der Waals surface area contributed by atoms with Crippen molar-refractivity contribution in [2.24, 2.45) is 0 Å². The molecule has 0 saturated carbocycles. The molecule has 0 heterocycles. The monoisotopic (exact) mass is 572 g/mol. The molecular weight excluding hydrogens is 524 g/mol. The minimum Gasteiger partial charge on any atom is -0.490 e. The number of halogens is 1. The molecule has 0 bridgehead atoms. The molecule has 0 spiro atoms. The zero-order chi connectivity index (χ0) is 25.8. The van der Waals surface area contributed by atoms with Gasteiger partial charge in [0.15, 0.2) is 0 Å². The van der Waals surface area contributed by atoms with Crippen LogP contribution < -0.4 is 20.1 Å². The fourth-order valence-electron chi connectivity index (χ4n) is 4.33. The van der Waals surface area contributed by atoms with Gasteiger partial charge in [-0.05, 0) is 48.2 Å². The number of ether oxygens (including phenoxy) is 2. The van der Waals surface area contributed by atoms with Crippen molar-refractivity contribution in [2.45, 2.75) is 77.3 Å². The summed E-state index contributed by atoms with van der Waals surface area (Å²) < 4.78 is 11.8. The van der Waals surface area contributed by atoms with E-state index >= 15 is 0 Å². The lowest BCUT2D eigenvalue weighted by atomic mass is 10.0. The number of hydrogen-bond acceptors (Lipinski definition) is 4. The molecule has 2 aromatic carbocycles. The van der Waals surface area contributed by atoms with E-state index in [9.17, 15) is 0 Å². The average molecular weight is 574 g/mol. The van der Waals surface area contributed by atoms with E-state index < -0.39 is 0 Å². The van der Waals surface area contributed by atoms with Gasteiger partial charge in [-0.1, -0.05) is 88.8 Å². The Labute approximate surface area is 236 Å². The highest BCUT2D eigenvalue weighted by Gasteiger charge is 2.11. The Morgan fingerprint density at radius 1 is 0.649 bits per heavy atom. The average Bonchev–Trinajstić information content (AvgIpc) is 2.91. The first-order valence-corrected chi connectivity index (χ1v) is 13.9. The molecule has 2 aromatic rings. The van der Waals surface area contributed by atoms with E-state index in [0.717, 1.165) is 37.4 Å². The van der Waals surface area contributed by atoms with Crippen LogP contribution in [-0.4, -0.2) is 26.3 Å². The van der Waals surface area contributed by atoms with E-state index in [0.29, 0.717) is 25.3 Å². The Kier molecular flexibility index (Phi) is 18.6. The van der Waals surface area contributed by atoms with Crippen molar-refractivity contribution >= 4 is 17.0 Å². The van der Waals surface area contributed by atoms with Gasteiger partial charge in [0, 0.05) is 25.2 Å². The van der Waals surface area contributed by atoms with E-state index in [1.807, 2.05) is 12.2 Å². The minimum atomic E-state index is 0. The third-order valence-electron chi connectivity index (χ3n) is 6.40. The minimum absolute atomic E-state index is 0. The SMILES string of the molecule is Br.C=CCNC(CCCCC)c1ccc(OCCOc2ccc(C(CCCCC)NCC=C)cc2)cc1. The van der Waals surface area contributed by atoms with Gasteiger partial charge in [0.2, 0.25) is 0 Å². The third-order valence-corrected chi connectivity index (χ3v) is 6.40. The lowest BCUT2D eigenvalue weighted by Crippen LogP contribution is -2.21. The highest BCUT2D eigenvalue weighted by molar-refractivity contribution is 8.93. The number of hydrogen-bond donors (Lipinski definition) is 2. The molecule has 37 heavy (non-hydrogen) atoms. The van der Waals surface area contributed by atoms with Gasteiger partial charge < -0.3 is 20.1 Å². The zero-order valence-electron chi connectivity index (χ0n) is 23.1. The first-order chi connectivity index (χ1) is 17.7. The van der Waals surface area contributed by atoms with E-state index in [2.05, 4.69) is 86.2 Å². The summed E-state index contributed by atoms with van der Waals surface area (Å²) in [5, 5.41) is 7.16. The van der Waals surface area contributed by atoms with Gasteiger partial charge in [-0.2, -0.15) is 0 Å². The quantitative estimate of drug-likeness (QED) is 0.116. The third kappa shape index (κ3) is 13.3. The summed E-state index contributed by atoms with van der Waals surface area (Å²) in [6, 6.07) is 17.6. The second-order valence-electron chi connectivity index (χ2n) is 9.33. The van der Waals surface area contributed by atoms with Gasteiger partial charge in [0.1, 0.15) is 24.7 Å². The molecule has 0 amide bonds. The normalized spacial score (nSPS) is 12.3. The van der Waals surface area contributed by atoms with Crippen molar-refractivity contribution in [3.05, 3.63) is 85.0 Å². The Morgan fingerprint density at radius 2 is 1.03 bits per heavy atom. The molecule has 206 valence electrons. The van der Waals surface area contributed by atoms with Crippen molar-refractivity contribution in [1.82, 2.24) is 10.6 Å². The fourth-order valence-corrected chi connectivity index (χ4v) is 4.33. The molecule has 4 nitrogen and oxygen atoms in total. The van der Waals surface area contributed by atoms with Gasteiger partial charge >= 0.3 is 0 Å². The molecule has 0 aliphatic rings. The van der Waals surface area contributed by atoms with Crippen molar-refractivity contribution in [2.75, 3.05) is 26.3 Å². The largest absolute Gasteiger partial charge is 0.490 e. The molecular formula is C32H49BrN2O2. The molecule has 2 N–H and O–H groups in total. The summed E-state index contributed by atoms with van der Waals surface area (Å²) in [7, 11) is 0. The predicted molar refractivity (Wildman–Crippen MR) is 164 cm³/mol. The predicted octanol–water partition coefficient (Wildman–Crippen LogP) is 8.52.